The summed E-state index contributed by atoms with van der Waals surface area (Å²) in [4.78, 5) is 25.4. The van der Waals surface area contributed by atoms with Gasteiger partial charge in [0.05, 0.1) is 17.9 Å². The van der Waals surface area contributed by atoms with Crippen molar-refractivity contribution < 1.29 is 14.3 Å². The fraction of sp³-hybridized carbons (Fsp3) is 0.375. The van der Waals surface area contributed by atoms with E-state index >= 15 is 0 Å². The molecule has 0 spiro atoms. The highest BCUT2D eigenvalue weighted by atomic mass is 32.2. The van der Waals surface area contributed by atoms with Crippen LogP contribution in [0.4, 0.5) is 10.1 Å². The van der Waals surface area contributed by atoms with Gasteiger partial charge in [-0.05, 0) is 26.3 Å². The third kappa shape index (κ3) is 5.29. The van der Waals surface area contributed by atoms with Crippen LogP contribution in [0.15, 0.2) is 17.0 Å². The molecule has 0 saturated heterocycles. The number of rotatable bonds is 9. The number of anilines is 2. The summed E-state index contributed by atoms with van der Waals surface area (Å²) in [6.07, 6.45) is 1.73. The Hall–Kier alpha value is -1.91. The highest BCUT2D eigenvalue weighted by Gasteiger charge is 2.22. The molecule has 0 fully saturated rings. The van der Waals surface area contributed by atoms with Crippen molar-refractivity contribution in [1.82, 2.24) is 10.2 Å². The number of thioether (sulfide) groups is 1. The van der Waals surface area contributed by atoms with Gasteiger partial charge in [0, 0.05) is 11.4 Å². The summed E-state index contributed by atoms with van der Waals surface area (Å²) >= 11 is 4.04. The number of ether oxygens (including phenoxy) is 1. The summed E-state index contributed by atoms with van der Waals surface area (Å²) in [5.74, 6) is -0.453. The van der Waals surface area contributed by atoms with E-state index in [4.69, 9.17) is 4.74 Å². The topological polar surface area (TPSA) is 93.2 Å². The van der Waals surface area contributed by atoms with Crippen LogP contribution in [0.5, 0.6) is 0 Å². The van der Waals surface area contributed by atoms with Gasteiger partial charge >= 0.3 is 5.97 Å². The molecule has 0 atom stereocenters. The van der Waals surface area contributed by atoms with Crippen LogP contribution in [0.3, 0.4) is 0 Å². The minimum Gasteiger partial charge on any atom is -0.462 e. The van der Waals surface area contributed by atoms with Crippen LogP contribution in [0.25, 0.3) is 0 Å². The quantitative estimate of drug-likeness (QED) is 0.368. The van der Waals surface area contributed by atoms with Gasteiger partial charge < -0.3 is 15.4 Å². The lowest BCUT2D eigenvalue weighted by Gasteiger charge is -2.06. The summed E-state index contributed by atoms with van der Waals surface area (Å²) in [7, 11) is 0. The van der Waals surface area contributed by atoms with E-state index in [0.717, 1.165) is 10.4 Å². The number of thiophene rings is 1. The Balaban J connectivity index is 1.97. The summed E-state index contributed by atoms with van der Waals surface area (Å²) in [5, 5.41) is 15.1. The van der Waals surface area contributed by atoms with Gasteiger partial charge in [-0.25, -0.2) is 4.79 Å². The van der Waals surface area contributed by atoms with Crippen LogP contribution in [0, 0.1) is 13.8 Å². The monoisotopic (exact) mass is 412 g/mol. The first-order chi connectivity index (χ1) is 12.5. The molecule has 26 heavy (non-hydrogen) atoms. The number of carbonyl (C=O) groups is 2. The Kier molecular flexibility index (Phi) is 7.61. The van der Waals surface area contributed by atoms with E-state index in [9.17, 15) is 9.59 Å². The molecule has 0 aliphatic rings. The molecule has 0 bridgehead atoms. The Morgan fingerprint density at radius 2 is 2.08 bits per heavy atom. The third-order valence-electron chi connectivity index (χ3n) is 3.25. The number of aryl methyl sites for hydroxylation is 1. The van der Waals surface area contributed by atoms with Crippen LogP contribution in [0.2, 0.25) is 0 Å². The lowest BCUT2D eigenvalue weighted by Crippen LogP contribution is -2.16. The van der Waals surface area contributed by atoms with Gasteiger partial charge in [-0.15, -0.1) is 28.1 Å². The van der Waals surface area contributed by atoms with Gasteiger partial charge in [0.15, 0.2) is 4.34 Å². The molecular weight excluding hydrogens is 392 g/mol. The predicted molar refractivity (Wildman–Crippen MR) is 108 cm³/mol. The molecule has 140 valence electrons. The fourth-order valence-corrected chi connectivity index (χ4v) is 4.58. The van der Waals surface area contributed by atoms with Gasteiger partial charge in [0.2, 0.25) is 11.0 Å². The number of hydrogen-bond donors (Lipinski definition) is 2. The average molecular weight is 413 g/mol. The number of nitrogens with one attached hydrogen (secondary N) is 2. The molecule has 0 aromatic carbocycles. The van der Waals surface area contributed by atoms with Crippen LogP contribution < -0.4 is 10.6 Å². The van der Waals surface area contributed by atoms with E-state index in [1.807, 2.05) is 13.8 Å². The highest BCUT2D eigenvalue weighted by Crippen LogP contribution is 2.33. The van der Waals surface area contributed by atoms with E-state index in [2.05, 4.69) is 27.4 Å². The molecule has 10 heteroatoms. The summed E-state index contributed by atoms with van der Waals surface area (Å²) in [5.41, 5.74) is 1.26. The lowest BCUT2D eigenvalue weighted by molar-refractivity contribution is -0.113. The molecule has 2 aromatic rings. The van der Waals surface area contributed by atoms with E-state index in [-0.39, 0.29) is 18.3 Å². The molecule has 0 aliphatic carbocycles. The van der Waals surface area contributed by atoms with Crippen molar-refractivity contribution in [3.8, 4) is 0 Å². The number of amides is 1. The Bertz CT molecular complexity index is 801. The van der Waals surface area contributed by atoms with E-state index in [0.29, 0.717) is 26.6 Å². The average Bonchev–Trinajstić information content (AvgIpc) is 3.16. The van der Waals surface area contributed by atoms with E-state index < -0.39 is 5.97 Å². The number of hydrogen-bond acceptors (Lipinski definition) is 9. The molecule has 2 heterocycles. The standard InChI is InChI=1S/C16H20N4O3S3/c1-5-7-17-15-19-20-16(26-15)24-8-11(21)18-13-12(14(22)23-6-2)9(3)10(4)25-13/h5H,1,6-8H2,2-4H3,(H,17,19)(H,18,21). The second-order valence-corrected chi connectivity index (χ2v) is 8.51. The SMILES string of the molecule is C=CCNc1nnc(SCC(=O)Nc2sc(C)c(C)c2C(=O)OCC)s1. The van der Waals surface area contributed by atoms with Crippen molar-refractivity contribution in [2.24, 2.45) is 0 Å². The Morgan fingerprint density at radius 1 is 1.31 bits per heavy atom. The van der Waals surface area contributed by atoms with Crippen LogP contribution in [-0.2, 0) is 9.53 Å². The number of nitrogens with zero attached hydrogens (tertiary/aromatic N) is 2. The second-order valence-electron chi connectivity index (χ2n) is 5.09. The van der Waals surface area contributed by atoms with Crippen molar-refractivity contribution in [2.75, 3.05) is 29.5 Å². The molecule has 7 nitrogen and oxygen atoms in total. The fourth-order valence-electron chi connectivity index (χ4n) is 1.95. The van der Waals surface area contributed by atoms with Crippen LogP contribution in [0.1, 0.15) is 27.7 Å². The number of esters is 1. The molecule has 2 N–H and O–H groups in total. The summed E-state index contributed by atoms with van der Waals surface area (Å²) in [6.45, 7) is 10.0. The summed E-state index contributed by atoms with van der Waals surface area (Å²) < 4.78 is 5.78. The van der Waals surface area contributed by atoms with Gasteiger partial charge in [-0.1, -0.05) is 29.2 Å². The highest BCUT2D eigenvalue weighted by molar-refractivity contribution is 8.01. The zero-order valence-electron chi connectivity index (χ0n) is 14.7. The minimum atomic E-state index is -0.417. The van der Waals surface area contributed by atoms with Crippen molar-refractivity contribution >= 4 is 56.4 Å². The first-order valence-corrected chi connectivity index (χ1v) is 10.5. The Morgan fingerprint density at radius 3 is 2.77 bits per heavy atom. The van der Waals surface area contributed by atoms with Crippen molar-refractivity contribution in [1.29, 1.82) is 0 Å². The normalized spacial score (nSPS) is 10.4. The number of carbonyl (C=O) groups excluding carboxylic acids is 2. The maximum absolute atomic E-state index is 12.3. The number of aromatic nitrogens is 2. The van der Waals surface area contributed by atoms with Crippen LogP contribution >= 0.6 is 34.4 Å². The molecule has 0 saturated carbocycles. The minimum absolute atomic E-state index is 0.175. The zero-order chi connectivity index (χ0) is 19.1. The van der Waals surface area contributed by atoms with E-state index in [1.54, 1.807) is 13.0 Å². The van der Waals surface area contributed by atoms with E-state index in [1.165, 1.54) is 34.4 Å². The molecule has 2 rings (SSSR count). The van der Waals surface area contributed by atoms with Crippen molar-refractivity contribution in [3.05, 3.63) is 28.7 Å². The van der Waals surface area contributed by atoms with Gasteiger partial charge in [-0.3, -0.25) is 4.79 Å². The van der Waals surface area contributed by atoms with Gasteiger partial charge in [-0.2, -0.15) is 0 Å². The first kappa shape index (κ1) is 20.4. The predicted octanol–water partition coefficient (Wildman–Crippen LogP) is 3.72. The van der Waals surface area contributed by atoms with Gasteiger partial charge in [0.1, 0.15) is 5.00 Å². The summed E-state index contributed by atoms with van der Waals surface area (Å²) in [6, 6.07) is 0. The zero-order valence-corrected chi connectivity index (χ0v) is 17.2. The smallest absolute Gasteiger partial charge is 0.341 e. The molecule has 1 amide bonds. The van der Waals surface area contributed by atoms with Crippen molar-refractivity contribution in [3.63, 3.8) is 0 Å². The molecular formula is C16H20N4O3S3. The maximum atomic E-state index is 12.3. The molecule has 2 aromatic heterocycles. The third-order valence-corrected chi connectivity index (χ3v) is 6.39. The lowest BCUT2D eigenvalue weighted by atomic mass is 10.1. The first-order valence-electron chi connectivity index (χ1n) is 7.84. The molecule has 0 radical (unpaired) electrons. The Labute approximate surface area is 164 Å². The molecule has 0 aliphatic heterocycles. The second kappa shape index (κ2) is 9.70. The van der Waals surface area contributed by atoms with Gasteiger partial charge in [0.25, 0.3) is 0 Å². The van der Waals surface area contributed by atoms with Crippen LogP contribution in [-0.4, -0.2) is 41.0 Å². The van der Waals surface area contributed by atoms with Crippen molar-refractivity contribution in [2.45, 2.75) is 25.1 Å². The molecule has 0 unspecified atom stereocenters. The maximum Gasteiger partial charge on any atom is 0.341 e. The largest absolute Gasteiger partial charge is 0.462 e.